The van der Waals surface area contributed by atoms with E-state index in [-0.39, 0.29) is 0 Å². The van der Waals surface area contributed by atoms with Crippen molar-refractivity contribution < 1.29 is 4.74 Å². The zero-order valence-corrected chi connectivity index (χ0v) is 16.0. The zero-order valence-electron chi connectivity index (χ0n) is 15.3. The van der Waals surface area contributed by atoms with E-state index in [1.165, 1.54) is 18.4 Å². The molecule has 2 aromatic carbocycles. The summed E-state index contributed by atoms with van der Waals surface area (Å²) in [5, 5.41) is 9.35. The largest absolute Gasteiger partial charge is 0.379 e. The SMILES string of the molecule is Clc1c(-c2ccc(CN3CCOCC3)cc2)ccc2c1nnn2CC1CC1. The highest BCUT2D eigenvalue weighted by molar-refractivity contribution is 6.37. The van der Waals surface area contributed by atoms with E-state index in [1.54, 1.807) is 0 Å². The lowest BCUT2D eigenvalue weighted by atomic mass is 10.0. The molecule has 1 aromatic heterocycles. The fourth-order valence-electron chi connectivity index (χ4n) is 3.71. The Morgan fingerprint density at radius 3 is 2.56 bits per heavy atom. The van der Waals surface area contributed by atoms with Crippen molar-refractivity contribution in [3.8, 4) is 11.1 Å². The van der Waals surface area contributed by atoms with Crippen LogP contribution >= 0.6 is 11.6 Å². The third kappa shape index (κ3) is 3.59. The van der Waals surface area contributed by atoms with Gasteiger partial charge in [-0.05, 0) is 36.0 Å². The molecule has 2 aliphatic rings. The van der Waals surface area contributed by atoms with Gasteiger partial charge in [0.05, 0.1) is 23.8 Å². The Balaban J connectivity index is 1.38. The molecule has 6 heteroatoms. The van der Waals surface area contributed by atoms with E-state index in [0.29, 0.717) is 5.02 Å². The van der Waals surface area contributed by atoms with Crippen molar-refractivity contribution in [2.24, 2.45) is 5.92 Å². The minimum atomic E-state index is 0.690. The highest BCUT2D eigenvalue weighted by Gasteiger charge is 2.24. The highest BCUT2D eigenvalue weighted by Crippen LogP contribution is 2.35. The van der Waals surface area contributed by atoms with Gasteiger partial charge >= 0.3 is 0 Å². The van der Waals surface area contributed by atoms with Gasteiger partial charge in [0.25, 0.3) is 0 Å². The quantitative estimate of drug-likeness (QED) is 0.669. The molecule has 5 nitrogen and oxygen atoms in total. The summed E-state index contributed by atoms with van der Waals surface area (Å²) in [5.41, 5.74) is 5.27. The average Bonchev–Trinajstić information content (AvgIpc) is 3.42. The van der Waals surface area contributed by atoms with Crippen molar-refractivity contribution in [3.05, 3.63) is 47.0 Å². The van der Waals surface area contributed by atoms with Crippen LogP contribution in [0, 0.1) is 5.92 Å². The Morgan fingerprint density at radius 1 is 1.04 bits per heavy atom. The fourth-order valence-corrected chi connectivity index (χ4v) is 4.02. The van der Waals surface area contributed by atoms with Gasteiger partial charge in [-0.3, -0.25) is 4.90 Å². The van der Waals surface area contributed by atoms with Gasteiger partial charge in [-0.15, -0.1) is 5.10 Å². The Bertz CT molecular complexity index is 943. The molecule has 0 unspecified atom stereocenters. The molecule has 2 fully saturated rings. The smallest absolute Gasteiger partial charge is 0.132 e. The number of ether oxygens (including phenoxy) is 1. The molecule has 1 saturated heterocycles. The lowest BCUT2D eigenvalue weighted by molar-refractivity contribution is 0.0342. The number of aromatic nitrogens is 3. The summed E-state index contributed by atoms with van der Waals surface area (Å²) < 4.78 is 7.41. The van der Waals surface area contributed by atoms with Crippen molar-refractivity contribution in [2.45, 2.75) is 25.9 Å². The van der Waals surface area contributed by atoms with Gasteiger partial charge < -0.3 is 4.74 Å². The zero-order chi connectivity index (χ0) is 18.2. The predicted octanol–water partition coefficient (Wildman–Crippen LogP) is 3.99. The maximum atomic E-state index is 6.70. The van der Waals surface area contributed by atoms with E-state index in [0.717, 1.165) is 67.5 Å². The first-order chi connectivity index (χ1) is 13.3. The molecule has 140 valence electrons. The summed E-state index contributed by atoms with van der Waals surface area (Å²) in [6.45, 7) is 5.57. The summed E-state index contributed by atoms with van der Waals surface area (Å²) in [6.07, 6.45) is 2.59. The summed E-state index contributed by atoms with van der Waals surface area (Å²) >= 11 is 6.70. The van der Waals surface area contributed by atoms with Crippen LogP contribution in [-0.2, 0) is 17.8 Å². The number of halogens is 1. The minimum absolute atomic E-state index is 0.690. The molecule has 0 N–H and O–H groups in total. The van der Waals surface area contributed by atoms with Gasteiger partial charge in [0.15, 0.2) is 0 Å². The topological polar surface area (TPSA) is 43.2 Å². The van der Waals surface area contributed by atoms with E-state index < -0.39 is 0 Å². The van der Waals surface area contributed by atoms with Crippen molar-refractivity contribution in [1.82, 2.24) is 19.9 Å². The van der Waals surface area contributed by atoms with Crippen LogP contribution in [0.3, 0.4) is 0 Å². The number of hydrogen-bond acceptors (Lipinski definition) is 4. The molecule has 1 aliphatic carbocycles. The van der Waals surface area contributed by atoms with Crippen molar-refractivity contribution >= 4 is 22.6 Å². The van der Waals surface area contributed by atoms with E-state index in [2.05, 4.69) is 51.6 Å². The third-order valence-electron chi connectivity index (χ3n) is 5.53. The Labute approximate surface area is 163 Å². The van der Waals surface area contributed by atoms with Gasteiger partial charge in [-0.2, -0.15) is 0 Å². The molecule has 0 radical (unpaired) electrons. The Hall–Kier alpha value is -1.95. The van der Waals surface area contributed by atoms with Crippen LogP contribution in [0.25, 0.3) is 22.2 Å². The molecule has 0 amide bonds. The minimum Gasteiger partial charge on any atom is -0.379 e. The summed E-state index contributed by atoms with van der Waals surface area (Å²) in [5.74, 6) is 0.757. The van der Waals surface area contributed by atoms with Crippen molar-refractivity contribution in [1.29, 1.82) is 0 Å². The van der Waals surface area contributed by atoms with Crippen LogP contribution < -0.4 is 0 Å². The van der Waals surface area contributed by atoms with E-state index in [4.69, 9.17) is 16.3 Å². The molecule has 1 aliphatic heterocycles. The second kappa shape index (κ2) is 7.23. The molecule has 0 atom stereocenters. The van der Waals surface area contributed by atoms with E-state index >= 15 is 0 Å². The average molecular weight is 383 g/mol. The van der Waals surface area contributed by atoms with Gasteiger partial charge in [-0.25, -0.2) is 4.68 Å². The Kier molecular flexibility index (Phi) is 4.60. The first-order valence-electron chi connectivity index (χ1n) is 9.69. The van der Waals surface area contributed by atoms with Crippen LogP contribution in [0.4, 0.5) is 0 Å². The second-order valence-electron chi connectivity index (χ2n) is 7.60. The lowest BCUT2D eigenvalue weighted by Crippen LogP contribution is -2.35. The van der Waals surface area contributed by atoms with Crippen LogP contribution in [0.15, 0.2) is 36.4 Å². The van der Waals surface area contributed by atoms with Crippen LogP contribution in [-0.4, -0.2) is 46.2 Å². The molecule has 0 spiro atoms. The number of benzene rings is 2. The van der Waals surface area contributed by atoms with Gasteiger partial charge in [-0.1, -0.05) is 47.1 Å². The van der Waals surface area contributed by atoms with Gasteiger partial charge in [0.2, 0.25) is 0 Å². The van der Waals surface area contributed by atoms with Gasteiger partial charge in [0, 0.05) is 31.7 Å². The normalized spacial score (nSPS) is 18.3. The third-order valence-corrected chi connectivity index (χ3v) is 5.91. The monoisotopic (exact) mass is 382 g/mol. The molecule has 0 bridgehead atoms. The molecule has 27 heavy (non-hydrogen) atoms. The number of fused-ring (bicyclic) bond motifs is 1. The molecular formula is C21H23ClN4O. The van der Waals surface area contributed by atoms with E-state index in [9.17, 15) is 0 Å². The summed E-state index contributed by atoms with van der Waals surface area (Å²) in [6, 6.07) is 12.9. The molecular weight excluding hydrogens is 360 g/mol. The lowest BCUT2D eigenvalue weighted by Gasteiger charge is -2.26. The van der Waals surface area contributed by atoms with Crippen molar-refractivity contribution in [2.75, 3.05) is 26.3 Å². The summed E-state index contributed by atoms with van der Waals surface area (Å²) in [7, 11) is 0. The molecule has 1 saturated carbocycles. The second-order valence-corrected chi connectivity index (χ2v) is 7.97. The van der Waals surface area contributed by atoms with Crippen LogP contribution in [0.2, 0.25) is 5.02 Å². The maximum absolute atomic E-state index is 6.70. The van der Waals surface area contributed by atoms with Gasteiger partial charge in [0.1, 0.15) is 5.52 Å². The first kappa shape index (κ1) is 17.2. The number of hydrogen-bond donors (Lipinski definition) is 0. The Morgan fingerprint density at radius 2 is 1.81 bits per heavy atom. The predicted molar refractivity (Wildman–Crippen MR) is 107 cm³/mol. The first-order valence-corrected chi connectivity index (χ1v) is 10.1. The number of rotatable bonds is 5. The standard InChI is InChI=1S/C21H23ClN4O/c22-20-18(7-8-19-21(20)23-24-26(19)14-16-1-2-16)17-5-3-15(4-6-17)13-25-9-11-27-12-10-25/h3-8,16H,1-2,9-14H2. The highest BCUT2D eigenvalue weighted by atomic mass is 35.5. The molecule has 3 aromatic rings. The number of morpholine rings is 1. The summed E-state index contributed by atoms with van der Waals surface area (Å²) in [4.78, 5) is 2.43. The van der Waals surface area contributed by atoms with Crippen LogP contribution in [0.5, 0.6) is 0 Å². The number of nitrogens with zero attached hydrogens (tertiary/aromatic N) is 4. The van der Waals surface area contributed by atoms with Crippen molar-refractivity contribution in [3.63, 3.8) is 0 Å². The van der Waals surface area contributed by atoms with Crippen LogP contribution in [0.1, 0.15) is 18.4 Å². The molecule has 2 heterocycles. The molecule has 5 rings (SSSR count). The fraction of sp³-hybridized carbons (Fsp3) is 0.429. The van der Waals surface area contributed by atoms with E-state index in [1.807, 2.05) is 4.68 Å². The maximum Gasteiger partial charge on any atom is 0.132 e.